The first-order valence-corrected chi connectivity index (χ1v) is 4.47. The predicted molar refractivity (Wildman–Crippen MR) is 54.2 cm³/mol. The quantitative estimate of drug-likeness (QED) is 0.496. The minimum absolute atomic E-state index is 0.145. The fraction of sp³-hybridized carbons (Fsp3) is 0.455. The van der Waals surface area contributed by atoms with Gasteiger partial charge in [0.05, 0.1) is 6.07 Å². The molecule has 0 aliphatic rings. The summed E-state index contributed by atoms with van der Waals surface area (Å²) in [6.45, 7) is 7.50. The van der Waals surface area contributed by atoms with Crippen molar-refractivity contribution >= 4 is 5.97 Å². The highest BCUT2D eigenvalue weighted by atomic mass is 16.5. The summed E-state index contributed by atoms with van der Waals surface area (Å²) < 4.78 is 4.75. The number of rotatable bonds is 5. The van der Waals surface area contributed by atoms with Gasteiger partial charge in [0.1, 0.15) is 6.61 Å². The molecule has 1 unspecified atom stereocenters. The molecule has 0 aromatic rings. The topological polar surface area (TPSA) is 50.1 Å². The van der Waals surface area contributed by atoms with E-state index in [-0.39, 0.29) is 6.61 Å². The highest BCUT2D eigenvalue weighted by Gasteiger charge is 2.15. The summed E-state index contributed by atoms with van der Waals surface area (Å²) in [5, 5.41) is 8.68. The van der Waals surface area contributed by atoms with E-state index in [9.17, 15) is 4.79 Å². The van der Waals surface area contributed by atoms with Crippen LogP contribution in [0.15, 0.2) is 24.8 Å². The standard InChI is InChI=1S/C11H15NO2/c1-4-7-14-11(13)10(8-12)6-5-9(2)3/h4-6,9-10H,1,7H2,2-3H3. The largest absolute Gasteiger partial charge is 0.460 e. The Kier molecular flexibility index (Phi) is 6.13. The molecule has 76 valence electrons. The summed E-state index contributed by atoms with van der Waals surface area (Å²) >= 11 is 0. The van der Waals surface area contributed by atoms with Crippen LogP contribution in [0.2, 0.25) is 0 Å². The lowest BCUT2D eigenvalue weighted by atomic mass is 10.1. The second-order valence-electron chi connectivity index (χ2n) is 3.15. The number of ether oxygens (including phenoxy) is 1. The molecule has 0 aliphatic heterocycles. The number of nitriles is 1. The van der Waals surface area contributed by atoms with E-state index in [1.54, 1.807) is 6.08 Å². The van der Waals surface area contributed by atoms with Crippen molar-refractivity contribution in [2.45, 2.75) is 13.8 Å². The van der Waals surface area contributed by atoms with E-state index in [1.807, 2.05) is 26.0 Å². The van der Waals surface area contributed by atoms with Crippen LogP contribution in [0, 0.1) is 23.2 Å². The Morgan fingerprint density at radius 2 is 2.21 bits per heavy atom. The monoisotopic (exact) mass is 193 g/mol. The van der Waals surface area contributed by atoms with Crippen LogP contribution < -0.4 is 0 Å². The molecule has 0 bridgehead atoms. The first kappa shape index (κ1) is 12.4. The Morgan fingerprint density at radius 3 is 2.64 bits per heavy atom. The van der Waals surface area contributed by atoms with Gasteiger partial charge >= 0.3 is 5.97 Å². The van der Waals surface area contributed by atoms with E-state index in [0.717, 1.165) is 0 Å². The number of hydrogen-bond acceptors (Lipinski definition) is 3. The van der Waals surface area contributed by atoms with E-state index < -0.39 is 11.9 Å². The van der Waals surface area contributed by atoms with Crippen LogP contribution in [0.25, 0.3) is 0 Å². The zero-order valence-electron chi connectivity index (χ0n) is 8.56. The Hall–Kier alpha value is -1.56. The molecule has 0 N–H and O–H groups in total. The van der Waals surface area contributed by atoms with Crippen molar-refractivity contribution in [1.29, 1.82) is 5.26 Å². The third-order valence-corrected chi connectivity index (χ3v) is 1.42. The van der Waals surface area contributed by atoms with Crippen molar-refractivity contribution in [2.24, 2.45) is 11.8 Å². The minimum atomic E-state index is -0.808. The summed E-state index contributed by atoms with van der Waals surface area (Å²) in [6.07, 6.45) is 4.84. The molecule has 1 atom stereocenters. The molecule has 0 fully saturated rings. The number of hydrogen-bond donors (Lipinski definition) is 0. The van der Waals surface area contributed by atoms with Crippen LogP contribution in [0.5, 0.6) is 0 Å². The third kappa shape index (κ3) is 5.15. The fourth-order valence-corrected chi connectivity index (χ4v) is 0.738. The van der Waals surface area contributed by atoms with Crippen molar-refractivity contribution in [3.05, 3.63) is 24.8 Å². The van der Waals surface area contributed by atoms with Gasteiger partial charge in [-0.1, -0.05) is 38.7 Å². The molecule has 3 heteroatoms. The smallest absolute Gasteiger partial charge is 0.327 e. The maximum absolute atomic E-state index is 11.2. The maximum atomic E-state index is 11.2. The van der Waals surface area contributed by atoms with E-state index in [4.69, 9.17) is 10.00 Å². The van der Waals surface area contributed by atoms with Gasteiger partial charge in [-0.15, -0.1) is 0 Å². The Balaban J connectivity index is 4.21. The molecule has 0 amide bonds. The molecular formula is C11H15NO2. The summed E-state index contributed by atoms with van der Waals surface area (Å²) in [5.74, 6) is -1.01. The van der Waals surface area contributed by atoms with Crippen LogP contribution in [0.3, 0.4) is 0 Å². The number of esters is 1. The zero-order chi connectivity index (χ0) is 11.0. The summed E-state index contributed by atoms with van der Waals surface area (Å²) in [5.41, 5.74) is 0. The van der Waals surface area contributed by atoms with Gasteiger partial charge in [-0.2, -0.15) is 5.26 Å². The third-order valence-electron chi connectivity index (χ3n) is 1.42. The lowest BCUT2D eigenvalue weighted by Crippen LogP contribution is -2.14. The van der Waals surface area contributed by atoms with Crippen molar-refractivity contribution in [3.8, 4) is 6.07 Å². The van der Waals surface area contributed by atoms with Crippen LogP contribution >= 0.6 is 0 Å². The summed E-state index contributed by atoms with van der Waals surface area (Å²) in [4.78, 5) is 11.2. The van der Waals surface area contributed by atoms with Gasteiger partial charge in [0, 0.05) is 0 Å². The number of carbonyl (C=O) groups excluding carboxylic acids is 1. The van der Waals surface area contributed by atoms with Crippen LogP contribution in [-0.2, 0) is 9.53 Å². The van der Waals surface area contributed by atoms with Crippen molar-refractivity contribution in [3.63, 3.8) is 0 Å². The molecule has 0 aromatic carbocycles. The van der Waals surface area contributed by atoms with Crippen molar-refractivity contribution in [1.82, 2.24) is 0 Å². The number of allylic oxidation sites excluding steroid dienone is 1. The minimum Gasteiger partial charge on any atom is -0.460 e. The van der Waals surface area contributed by atoms with E-state index in [1.165, 1.54) is 6.08 Å². The van der Waals surface area contributed by atoms with Gasteiger partial charge in [-0.25, -0.2) is 0 Å². The fourth-order valence-electron chi connectivity index (χ4n) is 0.738. The lowest BCUT2D eigenvalue weighted by Gasteiger charge is -2.03. The highest BCUT2D eigenvalue weighted by Crippen LogP contribution is 2.04. The molecule has 0 spiro atoms. The average molecular weight is 193 g/mol. The van der Waals surface area contributed by atoms with Gasteiger partial charge < -0.3 is 4.74 Å². The predicted octanol–water partition coefficient (Wildman–Crippen LogP) is 2.07. The molecule has 14 heavy (non-hydrogen) atoms. The second kappa shape index (κ2) is 6.90. The lowest BCUT2D eigenvalue weighted by molar-refractivity contribution is -0.143. The van der Waals surface area contributed by atoms with Crippen LogP contribution in [-0.4, -0.2) is 12.6 Å². The van der Waals surface area contributed by atoms with E-state index >= 15 is 0 Å². The summed E-state index contributed by atoms with van der Waals surface area (Å²) in [6, 6.07) is 1.87. The normalized spacial score (nSPS) is 12.4. The van der Waals surface area contributed by atoms with E-state index in [0.29, 0.717) is 5.92 Å². The van der Waals surface area contributed by atoms with Crippen molar-refractivity contribution in [2.75, 3.05) is 6.61 Å². The number of nitrogens with zero attached hydrogens (tertiary/aromatic N) is 1. The molecular weight excluding hydrogens is 178 g/mol. The maximum Gasteiger partial charge on any atom is 0.327 e. The zero-order valence-corrected chi connectivity index (χ0v) is 8.56. The van der Waals surface area contributed by atoms with Gasteiger partial charge in [0.25, 0.3) is 0 Å². The molecule has 0 aliphatic carbocycles. The molecule has 0 rings (SSSR count). The molecule has 0 radical (unpaired) electrons. The Bertz CT molecular complexity index is 261. The Morgan fingerprint density at radius 1 is 1.57 bits per heavy atom. The van der Waals surface area contributed by atoms with E-state index in [2.05, 4.69) is 6.58 Å². The first-order chi connectivity index (χ1) is 6.61. The summed E-state index contributed by atoms with van der Waals surface area (Å²) in [7, 11) is 0. The SMILES string of the molecule is C=CCOC(=O)C(C#N)C=CC(C)C. The molecule has 0 aromatic heterocycles. The second-order valence-corrected chi connectivity index (χ2v) is 3.15. The molecule has 0 heterocycles. The number of carbonyl (C=O) groups is 1. The van der Waals surface area contributed by atoms with Crippen LogP contribution in [0.4, 0.5) is 0 Å². The Labute approximate surface area is 84.7 Å². The van der Waals surface area contributed by atoms with Gasteiger partial charge in [-0.05, 0) is 5.92 Å². The molecule has 3 nitrogen and oxygen atoms in total. The van der Waals surface area contributed by atoms with Gasteiger partial charge in [-0.3, -0.25) is 4.79 Å². The molecule has 0 saturated carbocycles. The first-order valence-electron chi connectivity index (χ1n) is 4.47. The van der Waals surface area contributed by atoms with Gasteiger partial charge in [0.15, 0.2) is 5.92 Å². The van der Waals surface area contributed by atoms with Crippen molar-refractivity contribution < 1.29 is 9.53 Å². The highest BCUT2D eigenvalue weighted by molar-refractivity contribution is 5.77. The average Bonchev–Trinajstić information content (AvgIpc) is 2.15. The van der Waals surface area contributed by atoms with Crippen LogP contribution in [0.1, 0.15) is 13.8 Å². The molecule has 0 saturated heterocycles. The van der Waals surface area contributed by atoms with Gasteiger partial charge in [0.2, 0.25) is 0 Å².